The van der Waals surface area contributed by atoms with Crippen LogP contribution in [-0.2, 0) is 6.54 Å². The van der Waals surface area contributed by atoms with E-state index in [0.717, 1.165) is 11.1 Å². The lowest BCUT2D eigenvalue weighted by Crippen LogP contribution is -2.00. The maximum atomic E-state index is 14.1. The van der Waals surface area contributed by atoms with Crippen molar-refractivity contribution in [2.45, 2.75) is 20.4 Å². The minimum absolute atomic E-state index is 0.192. The number of halogens is 2. The standard InChI is InChI=1S/C15H15BrFNO/c1-9-3-4-10(2)13(7-9)19-12-6-5-11(8-18)14(16)15(12)17/h3-7H,8,18H2,1-2H3. The van der Waals surface area contributed by atoms with Crippen LogP contribution in [-0.4, -0.2) is 0 Å². The average molecular weight is 324 g/mol. The number of aryl methyl sites for hydroxylation is 2. The van der Waals surface area contributed by atoms with Gasteiger partial charge >= 0.3 is 0 Å². The molecule has 0 unspecified atom stereocenters. The van der Waals surface area contributed by atoms with E-state index in [-0.39, 0.29) is 12.3 Å². The van der Waals surface area contributed by atoms with Gasteiger partial charge in [-0.2, -0.15) is 0 Å². The van der Waals surface area contributed by atoms with Crippen molar-refractivity contribution in [1.82, 2.24) is 0 Å². The predicted octanol–water partition coefficient (Wildman–Crippen LogP) is 4.46. The van der Waals surface area contributed by atoms with E-state index in [9.17, 15) is 4.39 Å². The summed E-state index contributed by atoms with van der Waals surface area (Å²) in [5.74, 6) is 0.424. The van der Waals surface area contributed by atoms with Crippen molar-refractivity contribution >= 4 is 15.9 Å². The number of nitrogens with two attached hydrogens (primary N) is 1. The van der Waals surface area contributed by atoms with Crippen molar-refractivity contribution in [1.29, 1.82) is 0 Å². The van der Waals surface area contributed by atoms with Crippen LogP contribution >= 0.6 is 15.9 Å². The molecule has 4 heteroatoms. The van der Waals surface area contributed by atoms with Crippen LogP contribution in [0.2, 0.25) is 0 Å². The third-order valence-corrected chi connectivity index (χ3v) is 3.77. The minimum Gasteiger partial charge on any atom is -0.454 e. The molecular formula is C15H15BrFNO. The van der Waals surface area contributed by atoms with Crippen molar-refractivity contribution in [3.05, 3.63) is 57.3 Å². The van der Waals surface area contributed by atoms with Crippen molar-refractivity contribution in [3.8, 4) is 11.5 Å². The highest BCUT2D eigenvalue weighted by atomic mass is 79.9. The first-order valence-electron chi connectivity index (χ1n) is 5.95. The second-order valence-corrected chi connectivity index (χ2v) is 5.22. The molecular weight excluding hydrogens is 309 g/mol. The predicted molar refractivity (Wildman–Crippen MR) is 78.0 cm³/mol. The zero-order valence-electron chi connectivity index (χ0n) is 10.8. The second-order valence-electron chi connectivity index (χ2n) is 4.43. The molecule has 0 amide bonds. The van der Waals surface area contributed by atoms with Crippen molar-refractivity contribution in [2.24, 2.45) is 5.73 Å². The Kier molecular flexibility index (Phi) is 4.22. The van der Waals surface area contributed by atoms with Crippen LogP contribution in [0.1, 0.15) is 16.7 Å². The summed E-state index contributed by atoms with van der Waals surface area (Å²) in [7, 11) is 0. The molecule has 0 bridgehead atoms. The smallest absolute Gasteiger partial charge is 0.180 e. The topological polar surface area (TPSA) is 35.2 Å². The number of ether oxygens (including phenoxy) is 1. The lowest BCUT2D eigenvalue weighted by atomic mass is 10.1. The van der Waals surface area contributed by atoms with Gasteiger partial charge in [0.2, 0.25) is 0 Å². The Hall–Kier alpha value is -1.39. The van der Waals surface area contributed by atoms with Gasteiger partial charge in [-0.05, 0) is 58.6 Å². The SMILES string of the molecule is Cc1ccc(C)c(Oc2ccc(CN)c(Br)c2F)c1. The molecule has 0 aliphatic rings. The summed E-state index contributed by atoms with van der Waals surface area (Å²) in [5.41, 5.74) is 8.27. The van der Waals surface area contributed by atoms with Crippen LogP contribution in [0.15, 0.2) is 34.8 Å². The second kappa shape index (κ2) is 5.72. The molecule has 100 valence electrons. The molecule has 19 heavy (non-hydrogen) atoms. The Bertz CT molecular complexity index is 613. The minimum atomic E-state index is -0.427. The van der Waals surface area contributed by atoms with Gasteiger partial charge in [-0.3, -0.25) is 0 Å². The normalized spacial score (nSPS) is 10.6. The molecule has 0 saturated carbocycles. The number of hydrogen-bond donors (Lipinski definition) is 1. The fourth-order valence-corrected chi connectivity index (χ4v) is 2.23. The van der Waals surface area contributed by atoms with E-state index in [1.165, 1.54) is 0 Å². The third-order valence-electron chi connectivity index (χ3n) is 2.91. The zero-order valence-corrected chi connectivity index (χ0v) is 12.4. The lowest BCUT2D eigenvalue weighted by Gasteiger charge is -2.12. The van der Waals surface area contributed by atoms with Crippen LogP contribution in [0.5, 0.6) is 11.5 Å². The Balaban J connectivity index is 2.39. The fraction of sp³-hybridized carbons (Fsp3) is 0.200. The molecule has 0 aliphatic heterocycles. The van der Waals surface area contributed by atoms with Gasteiger partial charge < -0.3 is 10.5 Å². The molecule has 0 fully saturated rings. The van der Waals surface area contributed by atoms with E-state index in [2.05, 4.69) is 15.9 Å². The lowest BCUT2D eigenvalue weighted by molar-refractivity contribution is 0.436. The molecule has 0 aliphatic carbocycles. The fourth-order valence-electron chi connectivity index (χ4n) is 1.74. The van der Waals surface area contributed by atoms with Crippen molar-refractivity contribution in [3.63, 3.8) is 0 Å². The molecule has 0 atom stereocenters. The molecule has 2 aromatic carbocycles. The number of rotatable bonds is 3. The molecule has 2 nitrogen and oxygen atoms in total. The van der Waals surface area contributed by atoms with Crippen LogP contribution in [0.3, 0.4) is 0 Å². The van der Waals surface area contributed by atoms with E-state index in [1.807, 2.05) is 32.0 Å². The van der Waals surface area contributed by atoms with Crippen molar-refractivity contribution < 1.29 is 9.13 Å². The molecule has 0 heterocycles. The Labute approximate surface area is 120 Å². The van der Waals surface area contributed by atoms with E-state index in [0.29, 0.717) is 15.8 Å². The highest BCUT2D eigenvalue weighted by Crippen LogP contribution is 2.33. The molecule has 2 N–H and O–H groups in total. The van der Waals surface area contributed by atoms with E-state index >= 15 is 0 Å². The summed E-state index contributed by atoms with van der Waals surface area (Å²) < 4.78 is 20.2. The van der Waals surface area contributed by atoms with Crippen LogP contribution in [0.25, 0.3) is 0 Å². The zero-order chi connectivity index (χ0) is 14.0. The number of benzene rings is 2. The molecule has 0 spiro atoms. The van der Waals surface area contributed by atoms with Gasteiger partial charge in [-0.25, -0.2) is 4.39 Å². The molecule has 0 saturated heterocycles. The number of hydrogen-bond acceptors (Lipinski definition) is 2. The summed E-state index contributed by atoms with van der Waals surface area (Å²) in [4.78, 5) is 0. The van der Waals surface area contributed by atoms with Crippen LogP contribution in [0.4, 0.5) is 4.39 Å². The first-order valence-corrected chi connectivity index (χ1v) is 6.74. The quantitative estimate of drug-likeness (QED) is 0.905. The molecule has 2 rings (SSSR count). The summed E-state index contributed by atoms with van der Waals surface area (Å²) >= 11 is 3.20. The van der Waals surface area contributed by atoms with Gasteiger partial charge in [-0.1, -0.05) is 18.2 Å². The van der Waals surface area contributed by atoms with E-state index in [1.54, 1.807) is 12.1 Å². The molecule has 0 aromatic heterocycles. The largest absolute Gasteiger partial charge is 0.454 e. The van der Waals surface area contributed by atoms with Gasteiger partial charge in [0, 0.05) is 6.54 Å². The molecule has 0 radical (unpaired) electrons. The van der Waals surface area contributed by atoms with E-state index < -0.39 is 5.82 Å². The summed E-state index contributed by atoms with van der Waals surface area (Å²) in [6.07, 6.45) is 0. The van der Waals surface area contributed by atoms with Crippen molar-refractivity contribution in [2.75, 3.05) is 0 Å². The average Bonchev–Trinajstić information content (AvgIpc) is 2.39. The summed E-state index contributed by atoms with van der Waals surface area (Å²) in [6, 6.07) is 9.19. The maximum absolute atomic E-state index is 14.1. The highest BCUT2D eigenvalue weighted by molar-refractivity contribution is 9.10. The van der Waals surface area contributed by atoms with Gasteiger partial charge in [-0.15, -0.1) is 0 Å². The highest BCUT2D eigenvalue weighted by Gasteiger charge is 2.13. The first kappa shape index (κ1) is 14.0. The van der Waals surface area contributed by atoms with Gasteiger partial charge in [0.25, 0.3) is 0 Å². The summed E-state index contributed by atoms with van der Waals surface area (Å²) in [5, 5.41) is 0. The summed E-state index contributed by atoms with van der Waals surface area (Å²) in [6.45, 7) is 4.17. The van der Waals surface area contributed by atoms with Gasteiger partial charge in [0.15, 0.2) is 11.6 Å². The van der Waals surface area contributed by atoms with Crippen LogP contribution in [0, 0.1) is 19.7 Å². The maximum Gasteiger partial charge on any atom is 0.180 e. The third kappa shape index (κ3) is 2.96. The Morgan fingerprint density at radius 1 is 1.16 bits per heavy atom. The van der Waals surface area contributed by atoms with Gasteiger partial charge in [0.05, 0.1) is 4.47 Å². The van der Waals surface area contributed by atoms with E-state index in [4.69, 9.17) is 10.5 Å². The Morgan fingerprint density at radius 3 is 2.58 bits per heavy atom. The monoisotopic (exact) mass is 323 g/mol. The molecule has 2 aromatic rings. The Morgan fingerprint density at radius 2 is 1.89 bits per heavy atom. The van der Waals surface area contributed by atoms with Crippen LogP contribution < -0.4 is 10.5 Å². The first-order chi connectivity index (χ1) is 9.02. The van der Waals surface area contributed by atoms with Gasteiger partial charge in [0.1, 0.15) is 5.75 Å².